The topological polar surface area (TPSA) is 75.6 Å². The van der Waals surface area contributed by atoms with Crippen LogP contribution >= 0.6 is 0 Å². The molecule has 3 atom stereocenters. The molecule has 1 rings (SSSR count). The Labute approximate surface area is 114 Å². The number of nitrogens with one attached hydrogen (secondary N) is 1. The van der Waals surface area contributed by atoms with Crippen LogP contribution in [0, 0.1) is 11.8 Å². The van der Waals surface area contributed by atoms with Crippen LogP contribution in [-0.4, -0.2) is 36.2 Å². The summed E-state index contributed by atoms with van der Waals surface area (Å²) in [4.78, 5) is 23.5. The molecule has 3 unspecified atom stereocenters. The summed E-state index contributed by atoms with van der Waals surface area (Å²) in [6.07, 6.45) is 3.23. The summed E-state index contributed by atoms with van der Waals surface area (Å²) in [5.74, 6) is -0.675. The highest BCUT2D eigenvalue weighted by molar-refractivity contribution is 5.87. The minimum absolute atomic E-state index is 0.0943. The van der Waals surface area contributed by atoms with Crippen molar-refractivity contribution in [1.82, 2.24) is 5.32 Å². The number of hydrogen-bond donors (Lipinski definition) is 2. The zero-order chi connectivity index (χ0) is 14.5. The fourth-order valence-electron chi connectivity index (χ4n) is 2.89. The molecule has 1 amide bonds. The molecule has 110 valence electrons. The second kappa shape index (κ2) is 6.89. The van der Waals surface area contributed by atoms with Gasteiger partial charge in [0, 0.05) is 20.1 Å². The molecular formula is C14H25NO4. The quantitative estimate of drug-likeness (QED) is 0.772. The summed E-state index contributed by atoms with van der Waals surface area (Å²) < 4.78 is 4.99. The Morgan fingerprint density at radius 1 is 1.53 bits per heavy atom. The maximum atomic E-state index is 12.0. The number of aliphatic carboxylic acids is 1. The normalized spacial score (nSPS) is 28.7. The number of carboxylic acid groups (broad SMARTS) is 1. The van der Waals surface area contributed by atoms with Gasteiger partial charge in [-0.1, -0.05) is 26.7 Å². The molecule has 0 heterocycles. The lowest BCUT2D eigenvalue weighted by atomic mass is 9.76. The van der Waals surface area contributed by atoms with E-state index < -0.39 is 11.5 Å². The third-order valence-electron chi connectivity index (χ3n) is 3.77. The van der Waals surface area contributed by atoms with Gasteiger partial charge in [-0.15, -0.1) is 0 Å². The maximum absolute atomic E-state index is 12.0. The zero-order valence-corrected chi connectivity index (χ0v) is 12.1. The lowest BCUT2D eigenvalue weighted by molar-refractivity contribution is -0.150. The predicted molar refractivity (Wildman–Crippen MR) is 71.8 cm³/mol. The van der Waals surface area contributed by atoms with Crippen molar-refractivity contribution >= 4 is 11.9 Å². The van der Waals surface area contributed by atoms with Gasteiger partial charge in [0.25, 0.3) is 0 Å². The van der Waals surface area contributed by atoms with Crippen LogP contribution in [0.4, 0.5) is 0 Å². The third-order valence-corrected chi connectivity index (χ3v) is 3.77. The number of rotatable bonds is 6. The highest BCUT2D eigenvalue weighted by Crippen LogP contribution is 2.32. The van der Waals surface area contributed by atoms with Gasteiger partial charge >= 0.3 is 5.97 Å². The Morgan fingerprint density at radius 3 is 2.74 bits per heavy atom. The lowest BCUT2D eigenvalue weighted by Gasteiger charge is -2.37. The van der Waals surface area contributed by atoms with Gasteiger partial charge in [0.2, 0.25) is 5.91 Å². The first-order valence-electron chi connectivity index (χ1n) is 6.93. The standard InChI is InChI=1S/C14H25NO4/c1-10-5-4-6-14(8-10,13(17)18)15-12(16)7-11(2)9-19-3/h10-11H,4-9H2,1-3H3,(H,15,16)(H,17,18). The van der Waals surface area contributed by atoms with Crippen LogP contribution in [0.3, 0.4) is 0 Å². The van der Waals surface area contributed by atoms with Crippen molar-refractivity contribution in [3.05, 3.63) is 0 Å². The Morgan fingerprint density at radius 2 is 2.21 bits per heavy atom. The average Bonchev–Trinajstić information content (AvgIpc) is 2.28. The molecule has 0 radical (unpaired) electrons. The first-order valence-corrected chi connectivity index (χ1v) is 6.93. The van der Waals surface area contributed by atoms with Crippen LogP contribution < -0.4 is 5.32 Å². The second-order valence-corrected chi connectivity index (χ2v) is 5.90. The van der Waals surface area contributed by atoms with Gasteiger partial charge in [0.15, 0.2) is 0 Å². The zero-order valence-electron chi connectivity index (χ0n) is 12.1. The Hall–Kier alpha value is -1.10. The summed E-state index contributed by atoms with van der Waals surface area (Å²) in [6, 6.07) is 0. The van der Waals surface area contributed by atoms with Crippen LogP contribution in [0.2, 0.25) is 0 Å². The van der Waals surface area contributed by atoms with Crippen LogP contribution in [0.25, 0.3) is 0 Å². The maximum Gasteiger partial charge on any atom is 0.329 e. The molecule has 0 aromatic heterocycles. The van der Waals surface area contributed by atoms with E-state index in [4.69, 9.17) is 4.74 Å². The van der Waals surface area contributed by atoms with Crippen LogP contribution in [0.1, 0.15) is 46.0 Å². The van der Waals surface area contributed by atoms with Gasteiger partial charge in [0.05, 0.1) is 0 Å². The molecular weight excluding hydrogens is 246 g/mol. The number of amides is 1. The van der Waals surface area contributed by atoms with Gasteiger partial charge in [-0.25, -0.2) is 4.79 Å². The minimum Gasteiger partial charge on any atom is -0.480 e. The smallest absolute Gasteiger partial charge is 0.329 e. The van der Waals surface area contributed by atoms with E-state index in [1.807, 2.05) is 13.8 Å². The predicted octanol–water partition coefficient (Wildman–Crippen LogP) is 1.81. The number of hydrogen-bond acceptors (Lipinski definition) is 3. The van der Waals surface area contributed by atoms with Crippen LogP contribution in [0.5, 0.6) is 0 Å². The van der Waals surface area contributed by atoms with E-state index in [1.54, 1.807) is 7.11 Å². The van der Waals surface area contributed by atoms with Gasteiger partial charge in [-0.3, -0.25) is 4.79 Å². The molecule has 0 saturated heterocycles. The lowest BCUT2D eigenvalue weighted by Crippen LogP contribution is -2.57. The van der Waals surface area contributed by atoms with Crippen molar-refractivity contribution in [2.45, 2.75) is 51.5 Å². The molecule has 1 fully saturated rings. The monoisotopic (exact) mass is 271 g/mol. The molecule has 1 aliphatic rings. The van der Waals surface area contributed by atoms with E-state index in [-0.39, 0.29) is 11.8 Å². The fourth-order valence-corrected chi connectivity index (χ4v) is 2.89. The second-order valence-electron chi connectivity index (χ2n) is 5.90. The van der Waals surface area contributed by atoms with E-state index >= 15 is 0 Å². The number of methoxy groups -OCH3 is 1. The highest BCUT2D eigenvalue weighted by Gasteiger charge is 2.43. The summed E-state index contributed by atoms with van der Waals surface area (Å²) in [7, 11) is 1.59. The van der Waals surface area contributed by atoms with Crippen molar-refractivity contribution in [3.8, 4) is 0 Å². The van der Waals surface area contributed by atoms with Crippen LogP contribution in [-0.2, 0) is 14.3 Å². The molecule has 0 aromatic carbocycles. The Kier molecular flexibility index (Phi) is 5.79. The summed E-state index contributed by atoms with van der Waals surface area (Å²) >= 11 is 0. The SMILES string of the molecule is COCC(C)CC(=O)NC1(C(=O)O)CCCC(C)C1. The van der Waals surface area contributed by atoms with E-state index in [0.717, 1.165) is 12.8 Å². The molecule has 0 spiro atoms. The fraction of sp³-hybridized carbons (Fsp3) is 0.857. The van der Waals surface area contributed by atoms with Gasteiger partial charge in [0.1, 0.15) is 5.54 Å². The van der Waals surface area contributed by atoms with Gasteiger partial charge in [-0.05, 0) is 24.7 Å². The number of carbonyl (C=O) groups is 2. The Balaban J connectivity index is 2.63. The van der Waals surface area contributed by atoms with E-state index in [2.05, 4.69) is 5.32 Å². The van der Waals surface area contributed by atoms with E-state index in [0.29, 0.717) is 31.8 Å². The first kappa shape index (κ1) is 16.0. The first-order chi connectivity index (χ1) is 8.89. The Bertz CT molecular complexity index is 331. The number of carbonyl (C=O) groups excluding carboxylic acids is 1. The summed E-state index contributed by atoms with van der Waals surface area (Å²) in [5, 5.41) is 12.2. The molecule has 19 heavy (non-hydrogen) atoms. The molecule has 0 aromatic rings. The van der Waals surface area contributed by atoms with E-state index in [9.17, 15) is 14.7 Å². The van der Waals surface area contributed by atoms with E-state index in [1.165, 1.54) is 0 Å². The summed E-state index contributed by atoms with van der Waals surface area (Å²) in [6.45, 7) is 4.46. The van der Waals surface area contributed by atoms with Crippen molar-refractivity contribution in [1.29, 1.82) is 0 Å². The molecule has 0 bridgehead atoms. The van der Waals surface area contributed by atoms with Gasteiger partial charge < -0.3 is 15.2 Å². The van der Waals surface area contributed by atoms with Crippen molar-refractivity contribution in [3.63, 3.8) is 0 Å². The molecule has 5 nitrogen and oxygen atoms in total. The molecule has 5 heteroatoms. The minimum atomic E-state index is -1.07. The molecule has 0 aliphatic heterocycles. The average molecular weight is 271 g/mol. The van der Waals surface area contributed by atoms with Crippen LogP contribution in [0.15, 0.2) is 0 Å². The molecule has 1 saturated carbocycles. The largest absolute Gasteiger partial charge is 0.480 e. The van der Waals surface area contributed by atoms with Crippen molar-refractivity contribution < 1.29 is 19.4 Å². The molecule has 2 N–H and O–H groups in total. The number of carboxylic acids is 1. The van der Waals surface area contributed by atoms with Crippen molar-refractivity contribution in [2.24, 2.45) is 11.8 Å². The number of ether oxygens (including phenoxy) is 1. The summed E-state index contributed by atoms with van der Waals surface area (Å²) in [5.41, 5.74) is -1.07. The third kappa shape index (κ3) is 4.49. The van der Waals surface area contributed by atoms with Crippen molar-refractivity contribution in [2.75, 3.05) is 13.7 Å². The molecule has 1 aliphatic carbocycles. The van der Waals surface area contributed by atoms with Gasteiger partial charge in [-0.2, -0.15) is 0 Å². The highest BCUT2D eigenvalue weighted by atomic mass is 16.5.